The highest BCUT2D eigenvalue weighted by Gasteiger charge is 2.22. The van der Waals surface area contributed by atoms with Crippen molar-refractivity contribution in [3.63, 3.8) is 0 Å². The molecule has 3 nitrogen and oxygen atoms in total. The van der Waals surface area contributed by atoms with Gasteiger partial charge in [0.25, 0.3) is 0 Å². The van der Waals surface area contributed by atoms with E-state index in [0.29, 0.717) is 12.5 Å². The summed E-state index contributed by atoms with van der Waals surface area (Å²) in [5, 5.41) is 5.29. The summed E-state index contributed by atoms with van der Waals surface area (Å²) in [7, 11) is 0. The molecule has 21 heavy (non-hydrogen) atoms. The van der Waals surface area contributed by atoms with Crippen molar-refractivity contribution in [2.45, 2.75) is 57.9 Å². The summed E-state index contributed by atoms with van der Waals surface area (Å²) in [4.78, 5) is 15.9. The van der Waals surface area contributed by atoms with Gasteiger partial charge in [-0.15, -0.1) is 11.3 Å². The van der Waals surface area contributed by atoms with E-state index in [0.717, 1.165) is 32.5 Å². The highest BCUT2D eigenvalue weighted by atomic mass is 32.1. The summed E-state index contributed by atoms with van der Waals surface area (Å²) >= 11 is 1.81. The first-order chi connectivity index (χ1) is 10.3. The summed E-state index contributed by atoms with van der Waals surface area (Å²) in [6, 6.07) is 4.68. The lowest BCUT2D eigenvalue weighted by Crippen LogP contribution is -2.38. The molecular formula is C17H28N2OS. The molecule has 0 radical (unpaired) electrons. The van der Waals surface area contributed by atoms with Crippen LogP contribution in [0.5, 0.6) is 0 Å². The molecule has 0 unspecified atom stereocenters. The molecule has 1 aromatic heterocycles. The van der Waals surface area contributed by atoms with Gasteiger partial charge in [0.15, 0.2) is 0 Å². The van der Waals surface area contributed by atoms with Crippen LogP contribution in [0.4, 0.5) is 0 Å². The maximum Gasteiger partial charge on any atom is 0.220 e. The molecule has 1 N–H and O–H groups in total. The van der Waals surface area contributed by atoms with Crippen molar-refractivity contribution in [3.8, 4) is 0 Å². The quantitative estimate of drug-likeness (QED) is 0.826. The number of thiophene rings is 1. The molecule has 1 aromatic rings. The molecule has 0 saturated carbocycles. The van der Waals surface area contributed by atoms with Crippen molar-refractivity contribution in [3.05, 3.63) is 22.4 Å². The van der Waals surface area contributed by atoms with Gasteiger partial charge in [-0.3, -0.25) is 9.69 Å². The first kappa shape index (κ1) is 16.5. The molecule has 0 aliphatic carbocycles. The second-order valence-electron chi connectivity index (χ2n) is 5.89. The summed E-state index contributed by atoms with van der Waals surface area (Å²) in [5.41, 5.74) is 0. The SMILES string of the molecule is CCCCC(=O)NC[C@H](c1cccs1)N1CCCCCC1. The van der Waals surface area contributed by atoms with Crippen molar-refractivity contribution < 1.29 is 4.79 Å². The van der Waals surface area contributed by atoms with Crippen molar-refractivity contribution in [2.24, 2.45) is 0 Å². The fraction of sp³-hybridized carbons (Fsp3) is 0.706. The average Bonchev–Trinajstić information content (AvgIpc) is 2.88. The number of carbonyl (C=O) groups excluding carboxylic acids is 1. The number of carbonyl (C=O) groups is 1. The second-order valence-corrected chi connectivity index (χ2v) is 6.87. The number of rotatable bonds is 7. The van der Waals surface area contributed by atoms with Crippen molar-refractivity contribution in [1.82, 2.24) is 10.2 Å². The van der Waals surface area contributed by atoms with Crippen LogP contribution in [0, 0.1) is 0 Å². The first-order valence-corrected chi connectivity index (χ1v) is 9.23. The maximum absolute atomic E-state index is 11.9. The largest absolute Gasteiger partial charge is 0.354 e. The van der Waals surface area contributed by atoms with E-state index in [4.69, 9.17) is 0 Å². The molecule has 2 rings (SSSR count). The zero-order valence-corrected chi connectivity index (χ0v) is 14.0. The number of amides is 1. The molecule has 1 fully saturated rings. The normalized spacial score (nSPS) is 18.1. The Morgan fingerprint density at radius 2 is 2.10 bits per heavy atom. The predicted molar refractivity (Wildman–Crippen MR) is 89.6 cm³/mol. The van der Waals surface area contributed by atoms with Crippen LogP contribution in [-0.4, -0.2) is 30.4 Å². The third-order valence-electron chi connectivity index (χ3n) is 4.20. The number of unbranched alkanes of at least 4 members (excludes halogenated alkanes) is 1. The lowest BCUT2D eigenvalue weighted by molar-refractivity contribution is -0.121. The highest BCUT2D eigenvalue weighted by Crippen LogP contribution is 2.27. The molecule has 0 aromatic carbocycles. The van der Waals surface area contributed by atoms with Gasteiger partial charge >= 0.3 is 0 Å². The monoisotopic (exact) mass is 308 g/mol. The van der Waals surface area contributed by atoms with Crippen LogP contribution in [-0.2, 0) is 4.79 Å². The van der Waals surface area contributed by atoms with Gasteiger partial charge in [-0.1, -0.05) is 32.3 Å². The van der Waals surface area contributed by atoms with Crippen molar-refractivity contribution >= 4 is 17.2 Å². The van der Waals surface area contributed by atoms with E-state index in [-0.39, 0.29) is 5.91 Å². The predicted octanol–water partition coefficient (Wildman–Crippen LogP) is 3.97. The fourth-order valence-electron chi connectivity index (χ4n) is 2.93. The Morgan fingerprint density at radius 1 is 1.33 bits per heavy atom. The van der Waals surface area contributed by atoms with Crippen LogP contribution in [0.3, 0.4) is 0 Å². The Hall–Kier alpha value is -0.870. The molecule has 1 atom stereocenters. The third kappa shape index (κ3) is 5.44. The summed E-state index contributed by atoms with van der Waals surface area (Å²) in [6.07, 6.45) is 7.98. The van der Waals surface area contributed by atoms with E-state index in [1.807, 2.05) is 11.3 Å². The number of nitrogens with one attached hydrogen (secondary N) is 1. The topological polar surface area (TPSA) is 32.3 Å². The number of nitrogens with zero attached hydrogens (tertiary/aromatic N) is 1. The van der Waals surface area contributed by atoms with E-state index >= 15 is 0 Å². The number of hydrogen-bond donors (Lipinski definition) is 1. The standard InChI is InChI=1S/C17H28N2OS/c1-2-3-10-17(20)18-14-15(16-9-8-13-21-16)19-11-6-4-5-7-12-19/h8-9,13,15H,2-7,10-12,14H2,1H3,(H,18,20)/t15-/m1/s1. The molecule has 118 valence electrons. The molecule has 1 saturated heterocycles. The molecule has 0 spiro atoms. The zero-order valence-electron chi connectivity index (χ0n) is 13.1. The van der Waals surface area contributed by atoms with E-state index in [1.165, 1.54) is 30.6 Å². The summed E-state index contributed by atoms with van der Waals surface area (Å²) < 4.78 is 0. The zero-order chi connectivity index (χ0) is 14.9. The van der Waals surface area contributed by atoms with Gasteiger partial charge < -0.3 is 5.32 Å². The molecule has 1 aliphatic rings. The van der Waals surface area contributed by atoms with E-state index in [9.17, 15) is 4.79 Å². The van der Waals surface area contributed by atoms with Gasteiger partial charge in [0, 0.05) is 17.8 Å². The Labute approximate surface area is 132 Å². The highest BCUT2D eigenvalue weighted by molar-refractivity contribution is 7.10. The Balaban J connectivity index is 1.94. The molecule has 1 amide bonds. The van der Waals surface area contributed by atoms with Crippen molar-refractivity contribution in [1.29, 1.82) is 0 Å². The lowest BCUT2D eigenvalue weighted by atomic mass is 10.1. The minimum absolute atomic E-state index is 0.202. The smallest absolute Gasteiger partial charge is 0.220 e. The first-order valence-electron chi connectivity index (χ1n) is 8.35. The van der Waals surface area contributed by atoms with Crippen LogP contribution in [0.2, 0.25) is 0 Å². The Bertz CT molecular complexity index is 397. The molecule has 4 heteroatoms. The number of hydrogen-bond acceptors (Lipinski definition) is 3. The van der Waals surface area contributed by atoms with E-state index in [1.54, 1.807) is 0 Å². The van der Waals surface area contributed by atoms with Gasteiger partial charge in [0.2, 0.25) is 5.91 Å². The Morgan fingerprint density at radius 3 is 2.71 bits per heavy atom. The summed E-state index contributed by atoms with van der Waals surface area (Å²) in [5.74, 6) is 0.202. The third-order valence-corrected chi connectivity index (χ3v) is 5.18. The van der Waals surface area contributed by atoms with Crippen molar-refractivity contribution in [2.75, 3.05) is 19.6 Å². The van der Waals surface area contributed by atoms with Crippen LogP contribution >= 0.6 is 11.3 Å². The minimum Gasteiger partial charge on any atom is -0.354 e. The van der Waals surface area contributed by atoms with E-state index < -0.39 is 0 Å². The lowest BCUT2D eigenvalue weighted by Gasteiger charge is -2.30. The van der Waals surface area contributed by atoms with Gasteiger partial charge in [0.1, 0.15) is 0 Å². The van der Waals surface area contributed by atoms with Gasteiger partial charge in [-0.2, -0.15) is 0 Å². The van der Waals surface area contributed by atoms with Gasteiger partial charge in [-0.05, 0) is 43.8 Å². The van der Waals surface area contributed by atoms with Crippen LogP contribution in [0.15, 0.2) is 17.5 Å². The molecular weight excluding hydrogens is 280 g/mol. The summed E-state index contributed by atoms with van der Waals surface area (Å²) in [6.45, 7) is 5.20. The number of likely N-dealkylation sites (tertiary alicyclic amines) is 1. The van der Waals surface area contributed by atoms with Gasteiger partial charge in [0.05, 0.1) is 6.04 Å². The van der Waals surface area contributed by atoms with E-state index in [2.05, 4.69) is 34.7 Å². The van der Waals surface area contributed by atoms with Crippen LogP contribution < -0.4 is 5.32 Å². The average molecular weight is 308 g/mol. The Kier molecular flexibility index (Phi) is 7.24. The fourth-order valence-corrected chi connectivity index (χ4v) is 3.79. The maximum atomic E-state index is 11.9. The van der Waals surface area contributed by atoms with Crippen LogP contribution in [0.25, 0.3) is 0 Å². The molecule has 1 aliphatic heterocycles. The molecule has 2 heterocycles. The minimum atomic E-state index is 0.202. The van der Waals surface area contributed by atoms with Crippen LogP contribution in [0.1, 0.15) is 62.8 Å². The second kappa shape index (κ2) is 9.21. The van der Waals surface area contributed by atoms with Gasteiger partial charge in [-0.25, -0.2) is 0 Å². The molecule has 0 bridgehead atoms.